The number of amides is 2. The van der Waals surface area contributed by atoms with Crippen molar-refractivity contribution in [2.24, 2.45) is 0 Å². The lowest BCUT2D eigenvalue weighted by Crippen LogP contribution is -2.44. The first-order valence-electron chi connectivity index (χ1n) is 6.72. The summed E-state index contributed by atoms with van der Waals surface area (Å²) >= 11 is 0.484. The van der Waals surface area contributed by atoms with Crippen LogP contribution in [0.1, 0.15) is 12.8 Å². The third-order valence-corrected chi connectivity index (χ3v) is 4.05. The molecule has 1 saturated heterocycles. The van der Waals surface area contributed by atoms with Crippen molar-refractivity contribution in [2.75, 3.05) is 25.5 Å². The molecule has 116 valence electrons. The fourth-order valence-electron chi connectivity index (χ4n) is 2.24. The molecule has 2 amide bonds. The smallest absolute Gasteiger partial charge is 0.321 e. The number of anilines is 1. The average molecular weight is 316 g/mol. The van der Waals surface area contributed by atoms with E-state index in [0.717, 1.165) is 12.8 Å². The molecule has 1 atom stereocenters. The van der Waals surface area contributed by atoms with E-state index < -0.39 is 5.76 Å². The number of rotatable bonds is 4. The van der Waals surface area contributed by atoms with Gasteiger partial charge in [-0.15, -0.1) is 0 Å². The van der Waals surface area contributed by atoms with E-state index in [1.54, 1.807) is 36.3 Å². The number of thioether (sulfide) groups is 1. The van der Waals surface area contributed by atoms with E-state index >= 15 is 0 Å². The predicted octanol–water partition coefficient (Wildman–Crippen LogP) is 3.64. The average Bonchev–Trinajstić information content (AvgIpc) is 2.49. The zero-order valence-electron chi connectivity index (χ0n) is 11.7. The van der Waals surface area contributed by atoms with Crippen molar-refractivity contribution in [1.82, 2.24) is 4.90 Å². The molecule has 1 aromatic carbocycles. The van der Waals surface area contributed by atoms with E-state index in [1.807, 2.05) is 0 Å². The number of hydrogen-bond donors (Lipinski definition) is 1. The Kier molecular flexibility index (Phi) is 5.81. The van der Waals surface area contributed by atoms with E-state index in [9.17, 15) is 13.6 Å². The standard InChI is InChI=1S/C14H18F2N2O2S/c1-20-11-3-2-8-18(9-11)14(19)17-10-4-6-12(7-5-10)21-13(15)16/h4-7,11,13H,2-3,8-9H2,1H3,(H,17,19)/t11-/m0/s1. The summed E-state index contributed by atoms with van der Waals surface area (Å²) < 4.78 is 29.7. The Morgan fingerprint density at radius 1 is 1.43 bits per heavy atom. The second-order valence-corrected chi connectivity index (χ2v) is 5.84. The molecule has 1 N–H and O–H groups in total. The van der Waals surface area contributed by atoms with Crippen molar-refractivity contribution in [3.05, 3.63) is 24.3 Å². The van der Waals surface area contributed by atoms with Crippen LogP contribution in [0.15, 0.2) is 29.2 Å². The molecule has 1 heterocycles. The van der Waals surface area contributed by atoms with Crippen molar-refractivity contribution >= 4 is 23.5 Å². The molecular weight excluding hydrogens is 298 g/mol. The molecule has 1 aromatic rings. The zero-order valence-corrected chi connectivity index (χ0v) is 12.5. The Bertz CT molecular complexity index is 471. The Morgan fingerprint density at radius 2 is 2.14 bits per heavy atom. The van der Waals surface area contributed by atoms with Crippen molar-refractivity contribution < 1.29 is 18.3 Å². The van der Waals surface area contributed by atoms with Crippen LogP contribution in [0.25, 0.3) is 0 Å². The first-order chi connectivity index (χ1) is 10.1. The van der Waals surface area contributed by atoms with Gasteiger partial charge in [0.05, 0.1) is 6.10 Å². The van der Waals surface area contributed by atoms with Gasteiger partial charge in [0, 0.05) is 30.8 Å². The van der Waals surface area contributed by atoms with Crippen LogP contribution >= 0.6 is 11.8 Å². The highest BCUT2D eigenvalue weighted by Crippen LogP contribution is 2.26. The van der Waals surface area contributed by atoms with Crippen molar-refractivity contribution in [1.29, 1.82) is 0 Å². The second kappa shape index (κ2) is 7.61. The number of ether oxygens (including phenoxy) is 1. The minimum atomic E-state index is -2.44. The van der Waals surface area contributed by atoms with Crippen LogP contribution in [0.4, 0.5) is 19.3 Å². The third kappa shape index (κ3) is 4.86. The fraction of sp³-hybridized carbons (Fsp3) is 0.500. The summed E-state index contributed by atoms with van der Waals surface area (Å²) in [4.78, 5) is 14.3. The van der Waals surface area contributed by atoms with Crippen LogP contribution in [-0.4, -0.2) is 43.0 Å². The number of hydrogen-bond acceptors (Lipinski definition) is 3. The molecular formula is C14H18F2N2O2S. The maximum atomic E-state index is 12.2. The summed E-state index contributed by atoms with van der Waals surface area (Å²) in [6, 6.07) is 6.20. The van der Waals surface area contributed by atoms with E-state index in [1.165, 1.54) is 0 Å². The first kappa shape index (κ1) is 16.0. The van der Waals surface area contributed by atoms with E-state index in [2.05, 4.69) is 5.32 Å². The molecule has 2 rings (SSSR count). The van der Waals surface area contributed by atoms with Gasteiger partial charge in [0.2, 0.25) is 0 Å². The lowest BCUT2D eigenvalue weighted by molar-refractivity contribution is 0.0458. The van der Waals surface area contributed by atoms with E-state index in [0.29, 0.717) is 35.4 Å². The van der Waals surface area contributed by atoms with Crippen LogP contribution < -0.4 is 5.32 Å². The highest BCUT2D eigenvalue weighted by atomic mass is 32.2. The molecule has 0 radical (unpaired) electrons. The van der Waals surface area contributed by atoms with Gasteiger partial charge in [-0.3, -0.25) is 0 Å². The number of methoxy groups -OCH3 is 1. The second-order valence-electron chi connectivity index (χ2n) is 4.78. The Morgan fingerprint density at radius 3 is 2.76 bits per heavy atom. The lowest BCUT2D eigenvalue weighted by Gasteiger charge is -2.31. The molecule has 21 heavy (non-hydrogen) atoms. The van der Waals surface area contributed by atoms with Gasteiger partial charge in [0.25, 0.3) is 5.76 Å². The maximum Gasteiger partial charge on any atom is 0.321 e. The quantitative estimate of drug-likeness (QED) is 0.862. The summed E-state index contributed by atoms with van der Waals surface area (Å²) in [5.74, 6) is -2.44. The van der Waals surface area contributed by atoms with Gasteiger partial charge in [-0.05, 0) is 37.1 Å². The molecule has 0 aromatic heterocycles. The molecule has 0 saturated carbocycles. The SMILES string of the molecule is CO[C@H]1CCCN(C(=O)Nc2ccc(SC(F)F)cc2)C1. The van der Waals surface area contributed by atoms with Crippen LogP contribution in [0, 0.1) is 0 Å². The van der Waals surface area contributed by atoms with Gasteiger partial charge in [0.1, 0.15) is 0 Å². The van der Waals surface area contributed by atoms with Gasteiger partial charge in [-0.2, -0.15) is 8.78 Å². The lowest BCUT2D eigenvalue weighted by atomic mass is 10.1. The molecule has 0 unspecified atom stereocenters. The number of nitrogens with one attached hydrogen (secondary N) is 1. The highest BCUT2D eigenvalue weighted by Gasteiger charge is 2.23. The number of piperidine rings is 1. The largest absolute Gasteiger partial charge is 0.380 e. The monoisotopic (exact) mass is 316 g/mol. The summed E-state index contributed by atoms with van der Waals surface area (Å²) in [5.41, 5.74) is 0.596. The number of likely N-dealkylation sites (tertiary alicyclic amines) is 1. The number of carbonyl (C=O) groups is 1. The number of halogens is 2. The fourth-order valence-corrected chi connectivity index (χ4v) is 2.74. The Labute approximate surface area is 126 Å². The minimum absolute atomic E-state index is 0.0781. The third-order valence-electron chi connectivity index (χ3n) is 3.33. The van der Waals surface area contributed by atoms with Crippen molar-refractivity contribution in [3.8, 4) is 0 Å². The number of carbonyl (C=O) groups excluding carboxylic acids is 1. The van der Waals surface area contributed by atoms with Gasteiger partial charge >= 0.3 is 6.03 Å². The summed E-state index contributed by atoms with van der Waals surface area (Å²) in [6.07, 6.45) is 1.95. The summed E-state index contributed by atoms with van der Waals surface area (Å²) in [5, 5.41) is 2.77. The molecule has 1 fully saturated rings. The molecule has 1 aliphatic rings. The molecule has 1 aliphatic heterocycles. The molecule has 0 bridgehead atoms. The topological polar surface area (TPSA) is 41.6 Å². The summed E-state index contributed by atoms with van der Waals surface area (Å²) in [6.45, 7) is 1.27. The van der Waals surface area contributed by atoms with Crippen LogP contribution in [0.5, 0.6) is 0 Å². The van der Waals surface area contributed by atoms with Crippen LogP contribution in [-0.2, 0) is 4.74 Å². The van der Waals surface area contributed by atoms with Crippen LogP contribution in [0.3, 0.4) is 0 Å². The predicted molar refractivity (Wildman–Crippen MR) is 78.9 cm³/mol. The van der Waals surface area contributed by atoms with Crippen LogP contribution in [0.2, 0.25) is 0 Å². The normalized spacial score (nSPS) is 18.9. The molecule has 0 spiro atoms. The zero-order chi connectivity index (χ0) is 15.2. The van der Waals surface area contributed by atoms with Gasteiger partial charge in [-0.1, -0.05) is 11.8 Å². The highest BCUT2D eigenvalue weighted by molar-refractivity contribution is 7.99. The van der Waals surface area contributed by atoms with E-state index in [4.69, 9.17) is 4.74 Å². The number of urea groups is 1. The van der Waals surface area contributed by atoms with E-state index in [-0.39, 0.29) is 12.1 Å². The Hall–Kier alpha value is -1.34. The number of alkyl halides is 2. The van der Waals surface area contributed by atoms with Gasteiger partial charge in [-0.25, -0.2) is 4.79 Å². The van der Waals surface area contributed by atoms with Gasteiger partial charge in [0.15, 0.2) is 0 Å². The first-order valence-corrected chi connectivity index (χ1v) is 7.60. The minimum Gasteiger partial charge on any atom is -0.380 e. The molecule has 4 nitrogen and oxygen atoms in total. The summed E-state index contributed by atoms with van der Waals surface area (Å²) in [7, 11) is 1.64. The maximum absolute atomic E-state index is 12.2. The van der Waals surface area contributed by atoms with Crippen molar-refractivity contribution in [3.63, 3.8) is 0 Å². The number of benzene rings is 1. The number of nitrogens with zero attached hydrogens (tertiary/aromatic N) is 1. The van der Waals surface area contributed by atoms with Gasteiger partial charge < -0.3 is 15.0 Å². The van der Waals surface area contributed by atoms with Crippen molar-refractivity contribution in [2.45, 2.75) is 29.6 Å². The molecule has 0 aliphatic carbocycles. The Balaban J connectivity index is 1.90. The molecule has 7 heteroatoms.